The Labute approximate surface area is 153 Å². The van der Waals surface area contributed by atoms with Crippen LogP contribution in [0.25, 0.3) is 0 Å². The molecule has 2 heterocycles. The van der Waals surface area contributed by atoms with E-state index >= 15 is 0 Å². The van der Waals surface area contributed by atoms with Crippen molar-refractivity contribution < 1.29 is 4.74 Å². The summed E-state index contributed by atoms with van der Waals surface area (Å²) in [7, 11) is 1.80. The number of ether oxygens (including phenoxy) is 1. The third kappa shape index (κ3) is 4.31. The molecule has 25 heavy (non-hydrogen) atoms. The molecule has 1 aromatic heterocycles. The summed E-state index contributed by atoms with van der Waals surface area (Å²) in [6.45, 7) is 7.07. The zero-order valence-corrected chi connectivity index (χ0v) is 16.1. The van der Waals surface area contributed by atoms with Gasteiger partial charge in [-0.3, -0.25) is 4.99 Å². The summed E-state index contributed by atoms with van der Waals surface area (Å²) in [6.07, 6.45) is 3.86. The highest BCUT2D eigenvalue weighted by molar-refractivity contribution is 7.11. The van der Waals surface area contributed by atoms with Crippen molar-refractivity contribution in [2.24, 2.45) is 4.99 Å². The minimum absolute atomic E-state index is 0.161. The molecule has 0 saturated heterocycles. The van der Waals surface area contributed by atoms with Crippen LogP contribution in [0.5, 0.6) is 5.75 Å². The molecular formula is C19H26N4OS. The van der Waals surface area contributed by atoms with Gasteiger partial charge in [0.2, 0.25) is 0 Å². The van der Waals surface area contributed by atoms with E-state index in [0.29, 0.717) is 6.54 Å². The van der Waals surface area contributed by atoms with Gasteiger partial charge >= 0.3 is 0 Å². The molecule has 2 N–H and O–H groups in total. The molecule has 0 saturated carbocycles. The van der Waals surface area contributed by atoms with Crippen molar-refractivity contribution in [3.63, 3.8) is 0 Å². The van der Waals surface area contributed by atoms with Crippen molar-refractivity contribution in [3.05, 3.63) is 45.9 Å². The second-order valence-corrected chi connectivity index (χ2v) is 8.00. The van der Waals surface area contributed by atoms with Crippen LogP contribution in [0, 0.1) is 0 Å². The summed E-state index contributed by atoms with van der Waals surface area (Å²) in [5, 5.41) is 8.00. The first-order chi connectivity index (χ1) is 12.0. The molecule has 6 heteroatoms. The number of nitrogens with zero attached hydrogens (tertiary/aromatic N) is 2. The predicted molar refractivity (Wildman–Crippen MR) is 103 cm³/mol. The van der Waals surface area contributed by atoms with E-state index in [2.05, 4.69) is 47.4 Å². The lowest BCUT2D eigenvalue weighted by Gasteiger charge is -2.38. The number of guanidine groups is 1. The van der Waals surface area contributed by atoms with Gasteiger partial charge in [-0.2, -0.15) is 0 Å². The Bertz CT molecular complexity index is 753. The molecule has 2 aromatic rings. The van der Waals surface area contributed by atoms with Crippen molar-refractivity contribution in [2.75, 3.05) is 7.05 Å². The molecule has 134 valence electrons. The molecule has 1 unspecified atom stereocenters. The van der Waals surface area contributed by atoms with Gasteiger partial charge in [-0.1, -0.05) is 25.1 Å². The summed E-state index contributed by atoms with van der Waals surface area (Å²) in [5.41, 5.74) is 0.961. The number of hydrogen-bond donors (Lipinski definition) is 2. The number of aromatic nitrogens is 1. The Hall–Kier alpha value is -2.08. The summed E-state index contributed by atoms with van der Waals surface area (Å²) >= 11 is 1.74. The molecule has 5 nitrogen and oxygen atoms in total. The molecule has 0 amide bonds. The fourth-order valence-corrected chi connectivity index (χ4v) is 3.85. The van der Waals surface area contributed by atoms with Crippen LogP contribution in [0.4, 0.5) is 0 Å². The maximum absolute atomic E-state index is 6.10. The van der Waals surface area contributed by atoms with Gasteiger partial charge in [0, 0.05) is 30.1 Å². The first-order valence-corrected chi connectivity index (χ1v) is 9.51. The predicted octanol–water partition coefficient (Wildman–Crippen LogP) is 3.67. The van der Waals surface area contributed by atoms with Crippen LogP contribution in [0.3, 0.4) is 0 Å². The van der Waals surface area contributed by atoms with Crippen LogP contribution in [0.15, 0.2) is 35.5 Å². The maximum Gasteiger partial charge on any atom is 0.191 e. The average Bonchev–Trinajstić information content (AvgIpc) is 3.05. The average molecular weight is 359 g/mol. The lowest BCUT2D eigenvalue weighted by atomic mass is 9.90. The van der Waals surface area contributed by atoms with Gasteiger partial charge in [-0.05, 0) is 26.3 Å². The van der Waals surface area contributed by atoms with Crippen molar-refractivity contribution in [1.82, 2.24) is 15.6 Å². The smallest absolute Gasteiger partial charge is 0.191 e. The van der Waals surface area contributed by atoms with Crippen molar-refractivity contribution in [1.29, 1.82) is 0 Å². The third-order valence-corrected chi connectivity index (χ3v) is 5.41. The van der Waals surface area contributed by atoms with E-state index in [9.17, 15) is 0 Å². The number of benzene rings is 1. The van der Waals surface area contributed by atoms with E-state index in [4.69, 9.17) is 4.74 Å². The van der Waals surface area contributed by atoms with E-state index in [1.54, 1.807) is 18.4 Å². The Balaban J connectivity index is 1.69. The highest BCUT2D eigenvalue weighted by Gasteiger charge is 2.33. The van der Waals surface area contributed by atoms with E-state index in [1.165, 1.54) is 10.4 Å². The molecule has 1 atom stereocenters. The molecule has 0 fully saturated rings. The fraction of sp³-hybridized carbons (Fsp3) is 0.474. The lowest BCUT2D eigenvalue weighted by Crippen LogP contribution is -2.45. The Kier molecular flexibility index (Phi) is 5.27. The van der Waals surface area contributed by atoms with Crippen molar-refractivity contribution in [3.8, 4) is 5.75 Å². The van der Waals surface area contributed by atoms with Crippen LogP contribution >= 0.6 is 11.3 Å². The molecule has 1 aliphatic rings. The molecule has 1 aliphatic heterocycles. The zero-order chi connectivity index (χ0) is 17.9. The molecule has 3 rings (SSSR count). The first kappa shape index (κ1) is 17.7. The number of aryl methyl sites for hydroxylation is 1. The van der Waals surface area contributed by atoms with Gasteiger partial charge in [0.1, 0.15) is 16.4 Å². The van der Waals surface area contributed by atoms with Crippen LogP contribution in [0.1, 0.15) is 48.7 Å². The number of hydrogen-bond acceptors (Lipinski definition) is 4. The van der Waals surface area contributed by atoms with Gasteiger partial charge in [-0.15, -0.1) is 11.3 Å². The number of aliphatic imine (C=N–C) groups is 1. The second-order valence-electron chi connectivity index (χ2n) is 6.80. The lowest BCUT2D eigenvalue weighted by molar-refractivity contribution is 0.0694. The molecule has 0 bridgehead atoms. The number of para-hydroxylation sites is 1. The van der Waals surface area contributed by atoms with Crippen molar-refractivity contribution in [2.45, 2.75) is 51.8 Å². The van der Waals surface area contributed by atoms with E-state index < -0.39 is 0 Å². The monoisotopic (exact) mass is 358 g/mol. The highest BCUT2D eigenvalue weighted by Crippen LogP contribution is 2.39. The summed E-state index contributed by atoms with van der Waals surface area (Å²) < 4.78 is 6.10. The van der Waals surface area contributed by atoms with Crippen LogP contribution in [-0.4, -0.2) is 23.6 Å². The number of thiazole rings is 1. The summed E-state index contributed by atoms with van der Waals surface area (Å²) in [5.74, 6) is 1.73. The Morgan fingerprint density at radius 1 is 1.40 bits per heavy atom. The van der Waals surface area contributed by atoms with Gasteiger partial charge in [0.05, 0.1) is 12.6 Å². The quantitative estimate of drug-likeness (QED) is 0.647. The third-order valence-electron chi connectivity index (χ3n) is 4.27. The minimum atomic E-state index is -0.212. The molecule has 1 aromatic carbocycles. The number of fused-ring (bicyclic) bond motifs is 1. The molecule has 0 spiro atoms. The Morgan fingerprint density at radius 3 is 2.92 bits per heavy atom. The van der Waals surface area contributed by atoms with Gasteiger partial charge in [-0.25, -0.2) is 4.98 Å². The molecule has 0 radical (unpaired) electrons. The number of nitrogens with one attached hydrogen (secondary N) is 2. The summed E-state index contributed by atoms with van der Waals surface area (Å²) in [6, 6.07) is 8.37. The van der Waals surface area contributed by atoms with Gasteiger partial charge in [0.25, 0.3) is 0 Å². The van der Waals surface area contributed by atoms with Crippen LogP contribution < -0.4 is 15.4 Å². The standard InChI is InChI=1S/C19H26N4OS/c1-5-13-11-21-17(25-13)12-22-18(20-4)23-15-10-19(2,3)24-16-9-7-6-8-14(15)16/h6-9,11,15H,5,10,12H2,1-4H3,(H2,20,22,23). The van der Waals surface area contributed by atoms with Crippen LogP contribution in [0.2, 0.25) is 0 Å². The molecule has 0 aliphatic carbocycles. The number of rotatable bonds is 4. The zero-order valence-electron chi connectivity index (χ0n) is 15.3. The van der Waals surface area contributed by atoms with E-state index in [0.717, 1.165) is 29.6 Å². The fourth-order valence-electron chi connectivity index (χ4n) is 3.04. The van der Waals surface area contributed by atoms with E-state index in [-0.39, 0.29) is 11.6 Å². The Morgan fingerprint density at radius 2 is 2.20 bits per heavy atom. The van der Waals surface area contributed by atoms with Gasteiger partial charge < -0.3 is 15.4 Å². The largest absolute Gasteiger partial charge is 0.487 e. The van der Waals surface area contributed by atoms with E-state index in [1.807, 2.05) is 24.4 Å². The topological polar surface area (TPSA) is 58.5 Å². The minimum Gasteiger partial charge on any atom is -0.487 e. The second kappa shape index (κ2) is 7.44. The summed E-state index contributed by atoms with van der Waals surface area (Å²) in [4.78, 5) is 10.1. The normalized spacial score (nSPS) is 19.0. The molecular weight excluding hydrogens is 332 g/mol. The van der Waals surface area contributed by atoms with Crippen molar-refractivity contribution >= 4 is 17.3 Å². The van der Waals surface area contributed by atoms with Crippen LogP contribution in [-0.2, 0) is 13.0 Å². The first-order valence-electron chi connectivity index (χ1n) is 8.69. The SMILES string of the molecule is CCc1cnc(CNC(=NC)NC2CC(C)(C)Oc3ccccc32)s1. The highest BCUT2D eigenvalue weighted by atomic mass is 32.1. The maximum atomic E-state index is 6.10. The van der Waals surface area contributed by atoms with Gasteiger partial charge in [0.15, 0.2) is 5.96 Å².